The van der Waals surface area contributed by atoms with Gasteiger partial charge in [0.15, 0.2) is 0 Å². The summed E-state index contributed by atoms with van der Waals surface area (Å²) < 4.78 is 5.28. The van der Waals surface area contributed by atoms with Crippen molar-refractivity contribution in [3.05, 3.63) is 29.3 Å². The fourth-order valence-corrected chi connectivity index (χ4v) is 2.43. The monoisotopic (exact) mass is 220 g/mol. The van der Waals surface area contributed by atoms with Crippen LogP contribution in [0.4, 0.5) is 0 Å². The smallest absolute Gasteiger partial charge is 0.142 e. The lowest BCUT2D eigenvalue weighted by atomic mass is 9.95. The third-order valence-corrected chi connectivity index (χ3v) is 3.19. The van der Waals surface area contributed by atoms with Gasteiger partial charge in [0, 0.05) is 18.9 Å². The quantitative estimate of drug-likeness (QED) is 0.839. The number of benzene rings is 1. The maximum atomic E-state index is 11.8. The van der Waals surface area contributed by atoms with Gasteiger partial charge in [0.2, 0.25) is 0 Å². The van der Waals surface area contributed by atoms with Gasteiger partial charge in [-0.05, 0) is 30.0 Å². The molecule has 1 N–H and O–H groups in total. The maximum absolute atomic E-state index is 11.8. The fraction of sp³-hybridized carbons (Fsp3) is 0.462. The molecule has 16 heavy (non-hydrogen) atoms. The molecule has 0 radical (unpaired) electrons. The van der Waals surface area contributed by atoms with Crippen molar-refractivity contribution in [3.8, 4) is 5.75 Å². The maximum Gasteiger partial charge on any atom is 0.142 e. The summed E-state index contributed by atoms with van der Waals surface area (Å²) in [6.45, 7) is -0.0609. The van der Waals surface area contributed by atoms with Crippen LogP contribution in [0.25, 0.3) is 0 Å². The number of aliphatic hydroxyl groups excluding tert-OH is 1. The zero-order chi connectivity index (χ0) is 11.5. The van der Waals surface area contributed by atoms with E-state index in [-0.39, 0.29) is 24.7 Å². The first kappa shape index (κ1) is 11.1. The van der Waals surface area contributed by atoms with Crippen LogP contribution in [0.3, 0.4) is 0 Å². The van der Waals surface area contributed by atoms with Gasteiger partial charge in [-0.2, -0.15) is 0 Å². The largest absolute Gasteiger partial charge is 0.496 e. The highest BCUT2D eigenvalue weighted by Crippen LogP contribution is 2.39. The zero-order valence-electron chi connectivity index (χ0n) is 9.40. The van der Waals surface area contributed by atoms with Gasteiger partial charge in [-0.3, -0.25) is 4.79 Å². The summed E-state index contributed by atoms with van der Waals surface area (Å²) in [7, 11) is 1.65. The molecule has 0 spiro atoms. The van der Waals surface area contributed by atoms with E-state index < -0.39 is 0 Å². The Bertz CT molecular complexity index is 398. The van der Waals surface area contributed by atoms with Crippen LogP contribution < -0.4 is 4.74 Å². The lowest BCUT2D eigenvalue weighted by molar-refractivity contribution is -0.121. The van der Waals surface area contributed by atoms with Crippen molar-refractivity contribution in [1.29, 1.82) is 0 Å². The Morgan fingerprint density at radius 2 is 2.38 bits per heavy atom. The normalized spacial score (nSPS) is 18.2. The predicted molar refractivity (Wildman–Crippen MR) is 60.8 cm³/mol. The number of Topliss-reactive ketones (excluding diaryl/α,β-unsaturated/α-hetero) is 1. The van der Waals surface area contributed by atoms with Gasteiger partial charge in [0.05, 0.1) is 7.11 Å². The second-order valence-corrected chi connectivity index (χ2v) is 4.06. The highest BCUT2D eigenvalue weighted by atomic mass is 16.5. The van der Waals surface area contributed by atoms with Gasteiger partial charge < -0.3 is 9.84 Å². The number of hydrogen-bond donors (Lipinski definition) is 1. The first-order valence-electron chi connectivity index (χ1n) is 5.57. The van der Waals surface area contributed by atoms with Crippen LogP contribution in [-0.2, 0) is 11.2 Å². The Morgan fingerprint density at radius 1 is 1.56 bits per heavy atom. The molecule has 0 bridgehead atoms. The van der Waals surface area contributed by atoms with Crippen molar-refractivity contribution in [2.75, 3.05) is 13.7 Å². The molecule has 0 heterocycles. The van der Waals surface area contributed by atoms with Crippen molar-refractivity contribution in [2.24, 2.45) is 0 Å². The number of ether oxygens (including phenoxy) is 1. The van der Waals surface area contributed by atoms with Crippen LogP contribution in [0.1, 0.15) is 29.9 Å². The topological polar surface area (TPSA) is 46.5 Å². The molecule has 0 saturated heterocycles. The Morgan fingerprint density at radius 3 is 3.06 bits per heavy atom. The van der Waals surface area contributed by atoms with Crippen LogP contribution in [0, 0.1) is 0 Å². The molecule has 1 aromatic rings. The van der Waals surface area contributed by atoms with Crippen LogP contribution in [0.2, 0.25) is 0 Å². The summed E-state index contributed by atoms with van der Waals surface area (Å²) in [5.74, 6) is 0.962. The highest BCUT2D eigenvalue weighted by molar-refractivity contribution is 5.87. The fourth-order valence-electron chi connectivity index (χ4n) is 2.43. The van der Waals surface area contributed by atoms with E-state index in [1.54, 1.807) is 7.11 Å². The average molecular weight is 220 g/mol. The molecule has 3 nitrogen and oxygen atoms in total. The van der Waals surface area contributed by atoms with Crippen LogP contribution in [-0.4, -0.2) is 24.6 Å². The predicted octanol–water partition coefficient (Wildman–Crippen LogP) is 1.68. The minimum Gasteiger partial charge on any atom is -0.496 e. The molecule has 2 rings (SSSR count). The number of ketones is 1. The third-order valence-electron chi connectivity index (χ3n) is 3.19. The Hall–Kier alpha value is -1.35. The lowest BCUT2D eigenvalue weighted by Gasteiger charge is -2.10. The molecule has 3 heteroatoms. The van der Waals surface area contributed by atoms with Gasteiger partial charge in [-0.25, -0.2) is 0 Å². The van der Waals surface area contributed by atoms with Crippen LogP contribution in [0.15, 0.2) is 18.2 Å². The van der Waals surface area contributed by atoms with E-state index in [2.05, 4.69) is 0 Å². The molecule has 0 saturated carbocycles. The molecule has 0 fully saturated rings. The molecule has 0 aromatic heterocycles. The van der Waals surface area contributed by atoms with Gasteiger partial charge in [0.25, 0.3) is 0 Å². The van der Waals surface area contributed by atoms with E-state index in [4.69, 9.17) is 9.84 Å². The van der Waals surface area contributed by atoms with Crippen molar-refractivity contribution in [3.63, 3.8) is 0 Å². The number of methoxy groups -OCH3 is 1. The molecule has 1 unspecified atom stereocenters. The highest BCUT2D eigenvalue weighted by Gasteiger charge is 2.29. The molecule has 1 aliphatic rings. The first-order chi connectivity index (χ1) is 7.77. The van der Waals surface area contributed by atoms with Crippen LogP contribution >= 0.6 is 0 Å². The van der Waals surface area contributed by atoms with Crippen LogP contribution in [0.5, 0.6) is 5.75 Å². The average Bonchev–Trinajstić information content (AvgIpc) is 2.72. The van der Waals surface area contributed by atoms with Crippen molar-refractivity contribution in [1.82, 2.24) is 0 Å². The number of fused-ring (bicyclic) bond motifs is 1. The van der Waals surface area contributed by atoms with Crippen molar-refractivity contribution < 1.29 is 14.6 Å². The SMILES string of the molecule is COc1cccc2c1CCC2C(=O)CCO. The number of carbonyl (C=O) groups excluding carboxylic acids is 1. The summed E-state index contributed by atoms with van der Waals surface area (Å²) in [5.41, 5.74) is 2.24. The molecule has 0 amide bonds. The van der Waals surface area contributed by atoms with E-state index in [9.17, 15) is 4.79 Å². The molecular formula is C13H16O3. The van der Waals surface area contributed by atoms with E-state index in [1.807, 2.05) is 18.2 Å². The Kier molecular flexibility index (Phi) is 3.25. The standard InChI is InChI=1S/C13H16O3/c1-16-13-4-2-3-9-10(5-6-11(9)13)12(15)7-8-14/h2-4,10,14H,5-8H2,1H3. The van der Waals surface area contributed by atoms with Crippen molar-refractivity contribution >= 4 is 5.78 Å². The molecule has 1 aliphatic carbocycles. The van der Waals surface area contributed by atoms with Gasteiger partial charge >= 0.3 is 0 Å². The molecule has 1 atom stereocenters. The lowest BCUT2D eigenvalue weighted by Crippen LogP contribution is -2.11. The minimum absolute atomic E-state index is 0.0442. The number of hydrogen-bond acceptors (Lipinski definition) is 3. The van der Waals surface area contributed by atoms with E-state index in [0.29, 0.717) is 0 Å². The van der Waals surface area contributed by atoms with Gasteiger partial charge in [-0.1, -0.05) is 12.1 Å². The van der Waals surface area contributed by atoms with E-state index in [1.165, 1.54) is 0 Å². The number of aliphatic hydroxyl groups is 1. The van der Waals surface area contributed by atoms with Gasteiger partial charge in [0.1, 0.15) is 11.5 Å². The molecule has 86 valence electrons. The molecular weight excluding hydrogens is 204 g/mol. The number of carbonyl (C=O) groups is 1. The molecule has 1 aromatic carbocycles. The van der Waals surface area contributed by atoms with E-state index in [0.717, 1.165) is 29.7 Å². The third kappa shape index (κ3) is 1.83. The Labute approximate surface area is 95.0 Å². The summed E-state index contributed by atoms with van der Waals surface area (Å²) >= 11 is 0. The molecule has 0 aliphatic heterocycles. The zero-order valence-corrected chi connectivity index (χ0v) is 9.40. The second-order valence-electron chi connectivity index (χ2n) is 4.06. The second kappa shape index (κ2) is 4.66. The van der Waals surface area contributed by atoms with Crippen molar-refractivity contribution in [2.45, 2.75) is 25.2 Å². The first-order valence-corrected chi connectivity index (χ1v) is 5.57. The number of rotatable bonds is 4. The summed E-state index contributed by atoms with van der Waals surface area (Å²) in [6.07, 6.45) is 1.98. The minimum atomic E-state index is -0.0609. The Balaban J connectivity index is 2.29. The summed E-state index contributed by atoms with van der Waals surface area (Å²) in [6, 6.07) is 5.84. The summed E-state index contributed by atoms with van der Waals surface area (Å²) in [4.78, 5) is 11.8. The van der Waals surface area contributed by atoms with Gasteiger partial charge in [-0.15, -0.1) is 0 Å². The van der Waals surface area contributed by atoms with E-state index >= 15 is 0 Å². The summed E-state index contributed by atoms with van der Waals surface area (Å²) in [5, 5.41) is 8.80.